The van der Waals surface area contributed by atoms with Gasteiger partial charge in [-0.2, -0.15) is 0 Å². The van der Waals surface area contributed by atoms with E-state index >= 15 is 0 Å². The Bertz CT molecular complexity index is 905. The molecular formula is C20H14N4. The van der Waals surface area contributed by atoms with E-state index < -0.39 is 0 Å². The van der Waals surface area contributed by atoms with Gasteiger partial charge in [0.15, 0.2) is 0 Å². The molecule has 5 aliphatic rings. The predicted octanol–water partition coefficient (Wildman–Crippen LogP) is 3.80. The lowest BCUT2D eigenvalue weighted by Gasteiger charge is -1.96. The van der Waals surface area contributed by atoms with Crippen LogP contribution in [-0.4, -0.2) is 24.4 Å². The van der Waals surface area contributed by atoms with E-state index in [1.54, 1.807) is 0 Å². The Morgan fingerprint density at radius 1 is 0.625 bits per heavy atom. The van der Waals surface area contributed by atoms with Gasteiger partial charge in [0.1, 0.15) is 0 Å². The molecule has 0 spiro atoms. The number of nitrogens with zero attached hydrogens (tertiary/aromatic N) is 4. The van der Waals surface area contributed by atoms with E-state index in [2.05, 4.69) is 56.4 Å². The van der Waals surface area contributed by atoms with Crippen LogP contribution < -0.4 is 0 Å². The molecule has 8 bridgehead atoms. The van der Waals surface area contributed by atoms with Crippen LogP contribution in [0.2, 0.25) is 0 Å². The van der Waals surface area contributed by atoms with Crippen molar-refractivity contribution in [2.45, 2.75) is 12.8 Å². The highest BCUT2D eigenvalue weighted by Gasteiger charge is 2.14. The number of fused-ring (bicyclic) bond motifs is 6. The summed E-state index contributed by atoms with van der Waals surface area (Å²) in [5.74, 6) is 0. The molecule has 0 N–H and O–H groups in total. The van der Waals surface area contributed by atoms with Crippen molar-refractivity contribution in [2.75, 3.05) is 0 Å². The van der Waals surface area contributed by atoms with Gasteiger partial charge < -0.3 is 0 Å². The minimum atomic E-state index is 0.827. The minimum absolute atomic E-state index is 0.827. The first-order chi connectivity index (χ1) is 11.8. The summed E-state index contributed by atoms with van der Waals surface area (Å²) in [4.78, 5) is 18.0. The summed E-state index contributed by atoms with van der Waals surface area (Å²) in [5.41, 5.74) is 8.55. The smallest absolute Gasteiger partial charge is 0.0639 e. The molecule has 0 amide bonds. The van der Waals surface area contributed by atoms with Gasteiger partial charge in [-0.05, 0) is 58.7 Å². The predicted molar refractivity (Wildman–Crippen MR) is 98.7 cm³/mol. The number of allylic oxidation sites excluding steroid dienone is 10. The van der Waals surface area contributed by atoms with E-state index in [0.29, 0.717) is 0 Å². The number of rotatable bonds is 0. The van der Waals surface area contributed by atoms with Crippen molar-refractivity contribution in [1.29, 1.82) is 0 Å². The van der Waals surface area contributed by atoms with Crippen molar-refractivity contribution in [1.82, 2.24) is 0 Å². The molecule has 0 aromatic heterocycles. The first-order valence-corrected chi connectivity index (χ1v) is 7.96. The Kier molecular flexibility index (Phi) is 2.88. The van der Waals surface area contributed by atoms with Gasteiger partial charge in [0.2, 0.25) is 0 Å². The maximum absolute atomic E-state index is 4.51. The van der Waals surface area contributed by atoms with Gasteiger partial charge in [-0.25, -0.2) is 0 Å². The number of aliphatic imine (C=N–C) groups is 4. The van der Waals surface area contributed by atoms with Crippen LogP contribution in [0.1, 0.15) is 12.8 Å². The van der Waals surface area contributed by atoms with Crippen LogP contribution in [0, 0.1) is 0 Å². The van der Waals surface area contributed by atoms with Crippen molar-refractivity contribution in [3.05, 3.63) is 82.0 Å². The van der Waals surface area contributed by atoms with Crippen LogP contribution in [-0.2, 0) is 0 Å². The average molecular weight is 310 g/mol. The maximum atomic E-state index is 4.51. The number of hydrogen-bond acceptors (Lipinski definition) is 4. The molecule has 0 saturated carbocycles. The molecule has 24 heavy (non-hydrogen) atoms. The van der Waals surface area contributed by atoms with E-state index in [-0.39, 0.29) is 0 Å². The highest BCUT2D eigenvalue weighted by molar-refractivity contribution is 6.05. The van der Waals surface area contributed by atoms with Gasteiger partial charge in [0.05, 0.1) is 11.4 Å². The SMILES string of the molecule is C1=NC2=CC1=CC1=NC=C(C=C3C=C(C=N3)C=C3CC(=C2)C=N3)C1. The summed E-state index contributed by atoms with van der Waals surface area (Å²) in [5, 5.41) is 0. The third-order valence-corrected chi connectivity index (χ3v) is 4.25. The Hall–Kier alpha value is -3.14. The fourth-order valence-electron chi connectivity index (χ4n) is 3.15. The molecule has 4 nitrogen and oxygen atoms in total. The topological polar surface area (TPSA) is 49.4 Å². The molecule has 114 valence electrons. The van der Waals surface area contributed by atoms with Gasteiger partial charge in [-0.15, -0.1) is 0 Å². The lowest BCUT2D eigenvalue weighted by molar-refractivity contribution is 1.19. The Labute approximate surface area is 139 Å². The Morgan fingerprint density at radius 2 is 1.46 bits per heavy atom. The monoisotopic (exact) mass is 310 g/mol. The van der Waals surface area contributed by atoms with E-state index in [1.807, 2.05) is 24.8 Å². The molecule has 0 unspecified atom stereocenters. The molecule has 1 aliphatic carbocycles. The van der Waals surface area contributed by atoms with Gasteiger partial charge >= 0.3 is 0 Å². The third kappa shape index (κ3) is 2.52. The van der Waals surface area contributed by atoms with Crippen molar-refractivity contribution in [3.63, 3.8) is 0 Å². The molecule has 4 heterocycles. The lowest BCUT2D eigenvalue weighted by atomic mass is 10.1. The van der Waals surface area contributed by atoms with Crippen molar-refractivity contribution in [3.8, 4) is 0 Å². The van der Waals surface area contributed by atoms with Gasteiger partial charge in [0, 0.05) is 49.1 Å². The first-order valence-electron chi connectivity index (χ1n) is 7.96. The van der Waals surface area contributed by atoms with E-state index in [1.165, 1.54) is 11.1 Å². The molecule has 0 aromatic carbocycles. The average Bonchev–Trinajstić information content (AvgIpc) is 3.32. The second-order valence-electron chi connectivity index (χ2n) is 6.23. The zero-order chi connectivity index (χ0) is 15.9. The molecular weight excluding hydrogens is 296 g/mol. The fraction of sp³-hybridized carbons (Fsp3) is 0.100. The summed E-state index contributed by atoms with van der Waals surface area (Å²) >= 11 is 0. The quantitative estimate of drug-likeness (QED) is 0.653. The van der Waals surface area contributed by atoms with E-state index in [9.17, 15) is 0 Å². The van der Waals surface area contributed by atoms with E-state index in [0.717, 1.165) is 46.8 Å². The standard InChI is InChI=1S/C20H14N4/c1-13-5-18-3-15(11-22-18)7-20-4-16(12-24-20)8-19-2-14(10-23-19)6-17(1)21-9-13/h1,4-12H,2-3H2. The highest BCUT2D eigenvalue weighted by atomic mass is 14.8. The minimum Gasteiger partial charge on any atom is -0.261 e. The second kappa shape index (κ2) is 5.20. The molecule has 0 fully saturated rings. The normalized spacial score (nSPS) is 23.3. The van der Waals surface area contributed by atoms with Crippen molar-refractivity contribution in [2.24, 2.45) is 20.0 Å². The van der Waals surface area contributed by atoms with Crippen molar-refractivity contribution >= 4 is 24.4 Å². The lowest BCUT2D eigenvalue weighted by Crippen LogP contribution is -1.92. The summed E-state index contributed by atoms with van der Waals surface area (Å²) in [6, 6.07) is 0. The van der Waals surface area contributed by atoms with Crippen LogP contribution >= 0.6 is 0 Å². The second-order valence-corrected chi connectivity index (χ2v) is 6.23. The summed E-state index contributed by atoms with van der Waals surface area (Å²) < 4.78 is 0. The zero-order valence-electron chi connectivity index (χ0n) is 13.0. The fourth-order valence-corrected chi connectivity index (χ4v) is 3.15. The van der Waals surface area contributed by atoms with Crippen LogP contribution in [0.5, 0.6) is 0 Å². The zero-order valence-corrected chi connectivity index (χ0v) is 13.0. The van der Waals surface area contributed by atoms with E-state index in [4.69, 9.17) is 0 Å². The molecule has 0 saturated heterocycles. The van der Waals surface area contributed by atoms with Crippen LogP contribution in [0.25, 0.3) is 0 Å². The van der Waals surface area contributed by atoms with Crippen LogP contribution in [0.3, 0.4) is 0 Å². The highest BCUT2D eigenvalue weighted by Crippen LogP contribution is 2.26. The summed E-state index contributed by atoms with van der Waals surface area (Å²) in [6.45, 7) is 0. The van der Waals surface area contributed by atoms with Crippen LogP contribution in [0.15, 0.2) is 102 Å². The molecule has 0 atom stereocenters. The summed E-state index contributed by atoms with van der Waals surface area (Å²) in [7, 11) is 0. The third-order valence-electron chi connectivity index (χ3n) is 4.25. The maximum Gasteiger partial charge on any atom is 0.0639 e. The number of hydrogen-bond donors (Lipinski definition) is 0. The van der Waals surface area contributed by atoms with Crippen LogP contribution in [0.4, 0.5) is 0 Å². The van der Waals surface area contributed by atoms with Gasteiger partial charge in [-0.1, -0.05) is 0 Å². The van der Waals surface area contributed by atoms with Gasteiger partial charge in [0.25, 0.3) is 0 Å². The molecule has 0 aromatic rings. The molecule has 5 rings (SSSR count). The molecule has 4 heteroatoms. The van der Waals surface area contributed by atoms with Crippen molar-refractivity contribution < 1.29 is 0 Å². The molecule has 0 radical (unpaired) electrons. The molecule has 4 aliphatic heterocycles. The largest absolute Gasteiger partial charge is 0.261 e. The summed E-state index contributed by atoms with van der Waals surface area (Å²) in [6.07, 6.45) is 21.8. The van der Waals surface area contributed by atoms with Gasteiger partial charge in [-0.3, -0.25) is 20.0 Å². The Balaban J connectivity index is 1.58. The first kappa shape index (κ1) is 13.3. The Morgan fingerprint density at radius 3 is 2.38 bits per heavy atom.